The summed E-state index contributed by atoms with van der Waals surface area (Å²) in [5.74, 6) is -0.692. The van der Waals surface area contributed by atoms with Crippen LogP contribution in [0.2, 0.25) is 0 Å². The van der Waals surface area contributed by atoms with E-state index in [1.807, 2.05) is 17.1 Å². The summed E-state index contributed by atoms with van der Waals surface area (Å²) < 4.78 is 24.7. The van der Waals surface area contributed by atoms with Gasteiger partial charge in [-0.05, 0) is 22.9 Å². The molecule has 3 N–H and O–H groups in total. The van der Waals surface area contributed by atoms with Crippen molar-refractivity contribution in [2.75, 3.05) is 0 Å². The van der Waals surface area contributed by atoms with Crippen LogP contribution in [0.25, 0.3) is 10.8 Å². The molecule has 20 heavy (non-hydrogen) atoms. The van der Waals surface area contributed by atoms with Crippen LogP contribution in [-0.2, 0) is 9.84 Å². The number of H-pyrrole nitrogens is 2. The second kappa shape index (κ2) is 4.24. The van der Waals surface area contributed by atoms with Crippen molar-refractivity contribution in [1.82, 2.24) is 9.97 Å². The minimum Gasteiger partial charge on any atom is -0.492 e. The molecule has 102 valence electrons. The quantitative estimate of drug-likeness (QED) is 0.663. The van der Waals surface area contributed by atoms with Crippen molar-refractivity contribution in [3.63, 3.8) is 0 Å². The van der Waals surface area contributed by atoms with Gasteiger partial charge in [0.15, 0.2) is 0 Å². The van der Waals surface area contributed by atoms with Crippen LogP contribution in [0.15, 0.2) is 57.2 Å². The largest absolute Gasteiger partial charge is 0.492 e. The third-order valence-corrected chi connectivity index (χ3v) is 4.68. The highest BCUT2D eigenvalue weighted by atomic mass is 32.2. The predicted octanol–water partition coefficient (Wildman–Crippen LogP) is 1.39. The molecule has 0 spiro atoms. The van der Waals surface area contributed by atoms with E-state index >= 15 is 0 Å². The Balaban J connectivity index is 2.23. The van der Waals surface area contributed by atoms with Crippen molar-refractivity contribution < 1.29 is 13.5 Å². The van der Waals surface area contributed by atoms with Gasteiger partial charge in [0.2, 0.25) is 20.7 Å². The van der Waals surface area contributed by atoms with Gasteiger partial charge in [-0.2, -0.15) is 0 Å². The molecule has 7 heteroatoms. The Morgan fingerprint density at radius 2 is 1.65 bits per heavy atom. The summed E-state index contributed by atoms with van der Waals surface area (Å²) in [6, 6.07) is 11.9. The van der Waals surface area contributed by atoms with E-state index < -0.39 is 26.4 Å². The molecule has 0 amide bonds. The molecule has 6 nitrogen and oxygen atoms in total. The molecular weight excluding hydrogens is 280 g/mol. The topological polar surface area (TPSA) is 103 Å². The lowest BCUT2D eigenvalue weighted by Crippen LogP contribution is -2.06. The Bertz CT molecular complexity index is 954. The number of aromatic amines is 2. The first kappa shape index (κ1) is 12.5. The Morgan fingerprint density at radius 3 is 2.30 bits per heavy atom. The fraction of sp³-hybridized carbons (Fsp3) is 0. The van der Waals surface area contributed by atoms with Crippen molar-refractivity contribution in [2.24, 2.45) is 0 Å². The lowest BCUT2D eigenvalue weighted by Gasteiger charge is -2.04. The molecule has 1 aromatic heterocycles. The summed E-state index contributed by atoms with van der Waals surface area (Å²) in [6.45, 7) is 0. The number of rotatable bonds is 2. The number of sulfone groups is 1. The first-order valence-corrected chi connectivity index (χ1v) is 7.22. The fourth-order valence-corrected chi connectivity index (χ4v) is 3.30. The Kier molecular flexibility index (Phi) is 2.65. The fourth-order valence-electron chi connectivity index (χ4n) is 2.00. The van der Waals surface area contributed by atoms with Gasteiger partial charge in [-0.3, -0.25) is 9.97 Å². The first-order chi connectivity index (χ1) is 9.48. The summed E-state index contributed by atoms with van der Waals surface area (Å²) in [5, 5.41) is 10.6. The van der Waals surface area contributed by atoms with Gasteiger partial charge in [0.1, 0.15) is 0 Å². The summed E-state index contributed by atoms with van der Waals surface area (Å²) in [6.07, 6.45) is 0. The number of fused-ring (bicyclic) bond motifs is 1. The van der Waals surface area contributed by atoms with E-state index in [1.165, 1.54) is 12.1 Å². The average molecular weight is 290 g/mol. The minimum absolute atomic E-state index is 0.00162. The molecule has 0 atom stereocenters. The van der Waals surface area contributed by atoms with E-state index in [1.54, 1.807) is 18.2 Å². The molecule has 0 bridgehead atoms. The molecule has 1 heterocycles. The van der Waals surface area contributed by atoms with Crippen molar-refractivity contribution in [3.8, 4) is 5.88 Å². The van der Waals surface area contributed by atoms with Gasteiger partial charge in [0.05, 0.1) is 4.90 Å². The number of aromatic nitrogens is 2. The van der Waals surface area contributed by atoms with Crippen LogP contribution in [0.4, 0.5) is 0 Å². The Hall–Kier alpha value is -2.54. The minimum atomic E-state index is -3.98. The number of imidazole rings is 1. The lowest BCUT2D eigenvalue weighted by atomic mass is 10.1. The van der Waals surface area contributed by atoms with E-state index in [9.17, 15) is 18.3 Å². The van der Waals surface area contributed by atoms with E-state index in [0.29, 0.717) is 0 Å². The van der Waals surface area contributed by atoms with Crippen LogP contribution in [-0.4, -0.2) is 23.5 Å². The van der Waals surface area contributed by atoms with Gasteiger partial charge < -0.3 is 5.11 Å². The molecule has 0 aliphatic rings. The highest BCUT2D eigenvalue weighted by Crippen LogP contribution is 2.26. The van der Waals surface area contributed by atoms with Gasteiger partial charge >= 0.3 is 5.69 Å². The Morgan fingerprint density at radius 1 is 0.950 bits per heavy atom. The second-order valence-corrected chi connectivity index (χ2v) is 6.16. The first-order valence-electron chi connectivity index (χ1n) is 5.73. The summed E-state index contributed by atoms with van der Waals surface area (Å²) in [4.78, 5) is 15.1. The Labute approximate surface area is 113 Å². The second-order valence-electron chi connectivity index (χ2n) is 4.27. The van der Waals surface area contributed by atoms with Crippen LogP contribution in [0.1, 0.15) is 0 Å². The summed E-state index contributed by atoms with van der Waals surface area (Å²) in [7, 11) is -3.98. The zero-order valence-corrected chi connectivity index (χ0v) is 10.9. The van der Waals surface area contributed by atoms with Crippen molar-refractivity contribution in [3.05, 3.63) is 52.9 Å². The summed E-state index contributed by atoms with van der Waals surface area (Å²) >= 11 is 0. The van der Waals surface area contributed by atoms with Crippen LogP contribution in [0.5, 0.6) is 5.88 Å². The smallest absolute Gasteiger partial charge is 0.326 e. The van der Waals surface area contributed by atoms with Crippen LogP contribution < -0.4 is 5.69 Å². The monoisotopic (exact) mass is 290 g/mol. The van der Waals surface area contributed by atoms with Crippen LogP contribution >= 0.6 is 0 Å². The maximum absolute atomic E-state index is 12.4. The third-order valence-electron chi connectivity index (χ3n) is 2.97. The maximum Gasteiger partial charge on any atom is 0.326 e. The number of hydrogen-bond acceptors (Lipinski definition) is 4. The number of hydrogen-bond donors (Lipinski definition) is 3. The molecule has 2 aromatic carbocycles. The highest BCUT2D eigenvalue weighted by molar-refractivity contribution is 7.91. The molecule has 0 unspecified atom stereocenters. The normalized spacial score (nSPS) is 11.8. The van der Waals surface area contributed by atoms with Gasteiger partial charge in [0.25, 0.3) is 0 Å². The molecule has 3 rings (SSSR count). The van der Waals surface area contributed by atoms with Crippen molar-refractivity contribution in [1.29, 1.82) is 0 Å². The summed E-state index contributed by atoms with van der Waals surface area (Å²) in [5.41, 5.74) is -0.776. The van der Waals surface area contributed by atoms with E-state index in [2.05, 4.69) is 4.98 Å². The molecule has 0 fully saturated rings. The van der Waals surface area contributed by atoms with Crippen molar-refractivity contribution in [2.45, 2.75) is 9.92 Å². The maximum atomic E-state index is 12.4. The lowest BCUT2D eigenvalue weighted by molar-refractivity contribution is 0.439. The molecular formula is C13H10N2O4S. The number of nitrogens with one attached hydrogen (secondary N) is 2. The van der Waals surface area contributed by atoms with Gasteiger partial charge in [-0.25, -0.2) is 13.2 Å². The van der Waals surface area contributed by atoms with E-state index in [-0.39, 0.29) is 4.90 Å². The van der Waals surface area contributed by atoms with Crippen LogP contribution in [0.3, 0.4) is 0 Å². The number of aromatic hydroxyl groups is 1. The highest BCUT2D eigenvalue weighted by Gasteiger charge is 2.24. The van der Waals surface area contributed by atoms with Gasteiger partial charge in [-0.15, -0.1) is 0 Å². The SMILES string of the molecule is O=c1[nH]c(O)c(S(=O)(=O)c2ccc3ccccc3c2)[nH]1. The predicted molar refractivity (Wildman–Crippen MR) is 72.5 cm³/mol. The molecule has 0 saturated heterocycles. The zero-order chi connectivity index (χ0) is 14.3. The molecule has 3 aromatic rings. The van der Waals surface area contributed by atoms with E-state index in [0.717, 1.165) is 10.8 Å². The molecule has 0 saturated carbocycles. The van der Waals surface area contributed by atoms with Gasteiger partial charge in [0, 0.05) is 0 Å². The molecule has 0 aliphatic carbocycles. The molecule has 0 radical (unpaired) electrons. The van der Waals surface area contributed by atoms with E-state index in [4.69, 9.17) is 0 Å². The van der Waals surface area contributed by atoms with Crippen molar-refractivity contribution >= 4 is 20.6 Å². The number of benzene rings is 2. The van der Waals surface area contributed by atoms with Crippen LogP contribution in [0, 0.1) is 0 Å². The zero-order valence-electron chi connectivity index (χ0n) is 10.1. The van der Waals surface area contributed by atoms with Gasteiger partial charge in [-0.1, -0.05) is 30.3 Å². The standard InChI is InChI=1S/C13H10N2O4S/c16-11-12(15-13(17)14-11)20(18,19)10-6-5-8-3-1-2-4-9(8)7-10/h1-7,16H,(H2,14,15,17). The third kappa shape index (κ3) is 1.88. The average Bonchev–Trinajstić information content (AvgIpc) is 2.78. The molecule has 0 aliphatic heterocycles.